The van der Waals surface area contributed by atoms with Gasteiger partial charge in [0.25, 0.3) is 0 Å². The van der Waals surface area contributed by atoms with E-state index in [9.17, 15) is 15.0 Å². The highest BCUT2D eigenvalue weighted by Gasteiger charge is 2.36. The summed E-state index contributed by atoms with van der Waals surface area (Å²) in [5.74, 6) is -1.03. The van der Waals surface area contributed by atoms with Crippen LogP contribution < -0.4 is 0 Å². The summed E-state index contributed by atoms with van der Waals surface area (Å²) in [5, 5.41) is 20.4. The van der Waals surface area contributed by atoms with Gasteiger partial charge in [-0.05, 0) is 17.2 Å². The fourth-order valence-corrected chi connectivity index (χ4v) is 2.77. The lowest BCUT2D eigenvalue weighted by Gasteiger charge is -2.33. The number of rotatable bonds is 2. The average molecular weight is 266 g/mol. The molecule has 0 spiro atoms. The van der Waals surface area contributed by atoms with Crippen molar-refractivity contribution in [2.45, 2.75) is 12.0 Å². The SMILES string of the molecule is O=C(O)c1ccccc1[C@]1(O)CC=Cc2ccccc21. The third-order valence-corrected chi connectivity index (χ3v) is 3.72. The van der Waals surface area contributed by atoms with Gasteiger partial charge >= 0.3 is 5.97 Å². The summed E-state index contributed by atoms with van der Waals surface area (Å²) < 4.78 is 0. The lowest BCUT2D eigenvalue weighted by molar-refractivity contribution is 0.0643. The maximum atomic E-state index is 11.4. The summed E-state index contributed by atoms with van der Waals surface area (Å²) in [6.45, 7) is 0. The number of aliphatic hydroxyl groups is 1. The Balaban J connectivity index is 2.24. The van der Waals surface area contributed by atoms with E-state index < -0.39 is 11.6 Å². The van der Waals surface area contributed by atoms with Crippen LogP contribution in [-0.4, -0.2) is 16.2 Å². The van der Waals surface area contributed by atoms with Crippen LogP contribution >= 0.6 is 0 Å². The molecule has 2 N–H and O–H groups in total. The zero-order chi connectivity index (χ0) is 14.2. The molecule has 2 aromatic carbocycles. The van der Waals surface area contributed by atoms with E-state index in [2.05, 4.69) is 0 Å². The maximum absolute atomic E-state index is 11.4. The second-order valence-corrected chi connectivity index (χ2v) is 4.90. The Morgan fingerprint density at radius 2 is 1.65 bits per heavy atom. The number of aromatic carboxylic acids is 1. The van der Waals surface area contributed by atoms with Gasteiger partial charge in [-0.15, -0.1) is 0 Å². The summed E-state index contributed by atoms with van der Waals surface area (Å²) in [7, 11) is 0. The quantitative estimate of drug-likeness (QED) is 0.878. The van der Waals surface area contributed by atoms with Gasteiger partial charge in [0.15, 0.2) is 0 Å². The lowest BCUT2D eigenvalue weighted by atomic mass is 9.76. The highest BCUT2D eigenvalue weighted by Crippen LogP contribution is 2.40. The van der Waals surface area contributed by atoms with Gasteiger partial charge in [0, 0.05) is 12.0 Å². The molecule has 0 radical (unpaired) electrons. The van der Waals surface area contributed by atoms with Gasteiger partial charge in [-0.3, -0.25) is 0 Å². The van der Waals surface area contributed by atoms with Crippen molar-refractivity contribution >= 4 is 12.0 Å². The molecule has 0 aliphatic heterocycles. The average Bonchev–Trinajstić information content (AvgIpc) is 2.48. The number of carboxylic acids is 1. The first-order valence-electron chi connectivity index (χ1n) is 6.44. The Morgan fingerprint density at radius 3 is 2.40 bits per heavy atom. The van der Waals surface area contributed by atoms with Gasteiger partial charge in [-0.2, -0.15) is 0 Å². The Kier molecular flexibility index (Phi) is 2.92. The number of carboxylic acid groups (broad SMARTS) is 1. The molecule has 0 bridgehead atoms. The van der Waals surface area contributed by atoms with Crippen LogP contribution in [0.4, 0.5) is 0 Å². The fourth-order valence-electron chi connectivity index (χ4n) is 2.77. The molecule has 1 atom stereocenters. The van der Waals surface area contributed by atoms with Gasteiger partial charge in [-0.25, -0.2) is 4.79 Å². The van der Waals surface area contributed by atoms with E-state index in [1.165, 1.54) is 6.07 Å². The molecule has 20 heavy (non-hydrogen) atoms. The van der Waals surface area contributed by atoms with Crippen LogP contribution in [0.25, 0.3) is 6.08 Å². The Morgan fingerprint density at radius 1 is 1.00 bits per heavy atom. The maximum Gasteiger partial charge on any atom is 0.336 e. The molecule has 0 unspecified atom stereocenters. The van der Waals surface area contributed by atoms with Gasteiger partial charge in [0.1, 0.15) is 5.60 Å². The molecule has 0 saturated carbocycles. The molecule has 1 aliphatic carbocycles. The third-order valence-electron chi connectivity index (χ3n) is 3.72. The summed E-state index contributed by atoms with van der Waals surface area (Å²) in [4.78, 5) is 11.4. The molecule has 0 fully saturated rings. The normalized spacial score (nSPS) is 20.4. The van der Waals surface area contributed by atoms with Crippen LogP contribution in [0.2, 0.25) is 0 Å². The number of hydrogen-bond donors (Lipinski definition) is 2. The topological polar surface area (TPSA) is 57.5 Å². The first-order valence-corrected chi connectivity index (χ1v) is 6.44. The molecular weight excluding hydrogens is 252 g/mol. The predicted molar refractivity (Wildman–Crippen MR) is 76.5 cm³/mol. The number of fused-ring (bicyclic) bond motifs is 1. The first kappa shape index (κ1) is 12.6. The molecule has 0 aromatic heterocycles. The minimum atomic E-state index is -1.29. The van der Waals surface area contributed by atoms with Crippen LogP contribution in [0.15, 0.2) is 54.6 Å². The van der Waals surface area contributed by atoms with Crippen molar-refractivity contribution in [2.24, 2.45) is 0 Å². The summed E-state index contributed by atoms with van der Waals surface area (Å²) in [6, 6.07) is 14.1. The van der Waals surface area contributed by atoms with E-state index in [0.717, 1.165) is 11.1 Å². The smallest absolute Gasteiger partial charge is 0.336 e. The predicted octanol–water partition coefficient (Wildman–Crippen LogP) is 3.04. The summed E-state index contributed by atoms with van der Waals surface area (Å²) >= 11 is 0. The highest BCUT2D eigenvalue weighted by molar-refractivity contribution is 5.90. The zero-order valence-corrected chi connectivity index (χ0v) is 10.8. The fraction of sp³-hybridized carbons (Fsp3) is 0.118. The van der Waals surface area contributed by atoms with Gasteiger partial charge in [-0.1, -0.05) is 54.6 Å². The van der Waals surface area contributed by atoms with Gasteiger partial charge in [0.05, 0.1) is 5.56 Å². The second kappa shape index (κ2) is 4.62. The zero-order valence-electron chi connectivity index (χ0n) is 10.8. The first-order chi connectivity index (χ1) is 9.63. The molecule has 3 nitrogen and oxygen atoms in total. The number of carbonyl (C=O) groups is 1. The molecular formula is C17H14O3. The molecule has 3 rings (SSSR count). The third kappa shape index (κ3) is 1.84. The molecule has 2 aromatic rings. The van der Waals surface area contributed by atoms with Crippen LogP contribution in [0.5, 0.6) is 0 Å². The van der Waals surface area contributed by atoms with Crippen molar-refractivity contribution in [3.8, 4) is 0 Å². The molecule has 100 valence electrons. The molecule has 0 saturated heterocycles. The van der Waals surface area contributed by atoms with Crippen LogP contribution in [0, 0.1) is 0 Å². The van der Waals surface area contributed by atoms with E-state index in [-0.39, 0.29) is 5.56 Å². The van der Waals surface area contributed by atoms with Crippen molar-refractivity contribution in [1.82, 2.24) is 0 Å². The Bertz CT molecular complexity index is 703. The van der Waals surface area contributed by atoms with Crippen LogP contribution in [-0.2, 0) is 5.60 Å². The Hall–Kier alpha value is -2.39. The van der Waals surface area contributed by atoms with E-state index in [1.807, 2.05) is 36.4 Å². The molecule has 0 heterocycles. The van der Waals surface area contributed by atoms with Gasteiger partial charge < -0.3 is 10.2 Å². The van der Waals surface area contributed by atoms with Crippen molar-refractivity contribution in [2.75, 3.05) is 0 Å². The van der Waals surface area contributed by atoms with Crippen molar-refractivity contribution < 1.29 is 15.0 Å². The van der Waals surface area contributed by atoms with Crippen molar-refractivity contribution in [3.05, 3.63) is 76.9 Å². The number of benzene rings is 2. The highest BCUT2D eigenvalue weighted by atomic mass is 16.4. The molecule has 1 aliphatic rings. The van der Waals surface area contributed by atoms with Crippen LogP contribution in [0.1, 0.15) is 33.5 Å². The van der Waals surface area contributed by atoms with Crippen LogP contribution in [0.3, 0.4) is 0 Å². The van der Waals surface area contributed by atoms with E-state index in [0.29, 0.717) is 12.0 Å². The Labute approximate surface area is 116 Å². The lowest BCUT2D eigenvalue weighted by Crippen LogP contribution is -2.31. The van der Waals surface area contributed by atoms with Gasteiger partial charge in [0.2, 0.25) is 0 Å². The molecule has 0 amide bonds. The summed E-state index contributed by atoms with van der Waals surface area (Å²) in [5.41, 5.74) is 0.947. The standard InChI is InChI=1S/C17H14O3/c18-16(19)13-8-2-4-10-15(13)17(20)11-5-7-12-6-1-3-9-14(12)17/h1-10,20H,11H2,(H,18,19)/t17-/m0/s1. The van der Waals surface area contributed by atoms with E-state index in [1.54, 1.807) is 18.2 Å². The summed E-state index contributed by atoms with van der Waals surface area (Å²) in [6.07, 6.45) is 4.20. The molecule has 3 heteroatoms. The monoisotopic (exact) mass is 266 g/mol. The second-order valence-electron chi connectivity index (χ2n) is 4.90. The van der Waals surface area contributed by atoms with E-state index >= 15 is 0 Å². The van der Waals surface area contributed by atoms with E-state index in [4.69, 9.17) is 0 Å². The van der Waals surface area contributed by atoms with Crippen molar-refractivity contribution in [1.29, 1.82) is 0 Å². The minimum Gasteiger partial charge on any atom is -0.478 e. The van der Waals surface area contributed by atoms with Crippen molar-refractivity contribution in [3.63, 3.8) is 0 Å². The largest absolute Gasteiger partial charge is 0.478 e. The minimum absolute atomic E-state index is 0.139. The number of hydrogen-bond acceptors (Lipinski definition) is 2.